The monoisotopic (exact) mass is 244 g/mol. The molecule has 0 aliphatic carbocycles. The van der Waals surface area contributed by atoms with Gasteiger partial charge in [-0.05, 0) is 32.0 Å². The molecule has 1 N–H and O–H groups in total. The van der Waals surface area contributed by atoms with Crippen molar-refractivity contribution in [2.45, 2.75) is 32.4 Å². The molecule has 1 aromatic heterocycles. The molecule has 2 heterocycles. The van der Waals surface area contributed by atoms with E-state index in [0.717, 1.165) is 31.7 Å². The molecule has 4 nitrogen and oxygen atoms in total. The van der Waals surface area contributed by atoms with E-state index in [2.05, 4.69) is 28.2 Å². The summed E-state index contributed by atoms with van der Waals surface area (Å²) in [6.07, 6.45) is 4.21. The van der Waals surface area contributed by atoms with Gasteiger partial charge >= 0.3 is 0 Å². The van der Waals surface area contributed by atoms with Crippen molar-refractivity contribution in [3.63, 3.8) is 0 Å². The van der Waals surface area contributed by atoms with Crippen LogP contribution >= 0.6 is 0 Å². The Kier molecular flexibility index (Phi) is 4.68. The second-order valence-electron chi connectivity index (χ2n) is 4.74. The minimum Gasteiger partial charge on any atom is -0.313 e. The van der Waals surface area contributed by atoms with Crippen molar-refractivity contribution in [2.75, 3.05) is 19.6 Å². The van der Waals surface area contributed by atoms with Crippen molar-refractivity contribution in [3.05, 3.63) is 29.6 Å². The maximum absolute atomic E-state index is 9.04. The van der Waals surface area contributed by atoms with Crippen LogP contribution in [-0.4, -0.2) is 35.6 Å². The summed E-state index contributed by atoms with van der Waals surface area (Å²) in [6, 6.07) is 6.67. The van der Waals surface area contributed by atoms with Gasteiger partial charge in [0.05, 0.1) is 0 Å². The Morgan fingerprint density at radius 2 is 2.50 bits per heavy atom. The molecular weight excluding hydrogens is 224 g/mol. The van der Waals surface area contributed by atoms with E-state index in [1.54, 1.807) is 6.20 Å². The standard InChI is InChI=1S/C14H20N4/c1-2-18(11-13-6-4-7-16-13)10-12-5-3-8-17-14(12)9-15/h3,5,8,13,16H,2,4,6-7,10-11H2,1H3. The Morgan fingerprint density at radius 3 is 3.17 bits per heavy atom. The first-order valence-electron chi connectivity index (χ1n) is 6.63. The molecule has 0 bridgehead atoms. The van der Waals surface area contributed by atoms with Crippen LogP contribution in [0.4, 0.5) is 0 Å². The van der Waals surface area contributed by atoms with Crippen molar-refractivity contribution in [1.29, 1.82) is 5.26 Å². The number of likely N-dealkylation sites (N-methyl/N-ethyl adjacent to an activating group) is 1. The zero-order chi connectivity index (χ0) is 12.8. The molecule has 0 spiro atoms. The molecule has 1 atom stereocenters. The summed E-state index contributed by atoms with van der Waals surface area (Å²) in [5.41, 5.74) is 1.58. The Labute approximate surface area is 109 Å². The molecule has 4 heteroatoms. The molecule has 0 amide bonds. The Bertz CT molecular complexity index is 418. The highest BCUT2D eigenvalue weighted by molar-refractivity contribution is 5.30. The summed E-state index contributed by atoms with van der Waals surface area (Å²) in [6.45, 7) is 6.16. The van der Waals surface area contributed by atoms with Gasteiger partial charge in [-0.1, -0.05) is 13.0 Å². The normalized spacial score (nSPS) is 19.1. The van der Waals surface area contributed by atoms with Crippen LogP contribution in [0.5, 0.6) is 0 Å². The molecule has 2 rings (SSSR count). The van der Waals surface area contributed by atoms with E-state index < -0.39 is 0 Å². The van der Waals surface area contributed by atoms with Crippen LogP contribution in [0.25, 0.3) is 0 Å². The van der Waals surface area contributed by atoms with Crippen molar-refractivity contribution in [1.82, 2.24) is 15.2 Å². The van der Waals surface area contributed by atoms with E-state index in [1.807, 2.05) is 12.1 Å². The number of nitriles is 1. The number of nitrogens with one attached hydrogen (secondary N) is 1. The third kappa shape index (κ3) is 3.28. The van der Waals surface area contributed by atoms with Crippen LogP contribution in [0, 0.1) is 11.3 Å². The fourth-order valence-corrected chi connectivity index (χ4v) is 2.44. The van der Waals surface area contributed by atoms with E-state index in [-0.39, 0.29) is 0 Å². The van der Waals surface area contributed by atoms with Crippen LogP contribution in [0.15, 0.2) is 18.3 Å². The van der Waals surface area contributed by atoms with Gasteiger partial charge in [0.2, 0.25) is 0 Å². The highest BCUT2D eigenvalue weighted by Gasteiger charge is 2.17. The van der Waals surface area contributed by atoms with Crippen LogP contribution in [0.1, 0.15) is 31.0 Å². The number of hydrogen-bond donors (Lipinski definition) is 1. The molecule has 0 radical (unpaired) electrons. The summed E-state index contributed by atoms with van der Waals surface area (Å²) in [4.78, 5) is 6.49. The van der Waals surface area contributed by atoms with E-state index in [9.17, 15) is 0 Å². The van der Waals surface area contributed by atoms with Crippen LogP contribution in [-0.2, 0) is 6.54 Å². The number of hydrogen-bond acceptors (Lipinski definition) is 4. The molecule has 1 aromatic rings. The van der Waals surface area contributed by atoms with E-state index >= 15 is 0 Å². The highest BCUT2D eigenvalue weighted by atomic mass is 15.1. The van der Waals surface area contributed by atoms with Gasteiger partial charge in [-0.25, -0.2) is 4.98 Å². The summed E-state index contributed by atoms with van der Waals surface area (Å²) in [5.74, 6) is 0. The molecule has 18 heavy (non-hydrogen) atoms. The van der Waals surface area contributed by atoms with E-state index in [4.69, 9.17) is 5.26 Å². The van der Waals surface area contributed by atoms with Gasteiger partial charge in [0.15, 0.2) is 0 Å². The first-order chi connectivity index (χ1) is 8.83. The largest absolute Gasteiger partial charge is 0.313 e. The predicted octanol–water partition coefficient (Wildman–Crippen LogP) is 1.53. The zero-order valence-corrected chi connectivity index (χ0v) is 10.9. The SMILES string of the molecule is CCN(Cc1cccnc1C#N)CC1CCCN1. The lowest BCUT2D eigenvalue weighted by Crippen LogP contribution is -2.37. The average molecular weight is 244 g/mol. The topological polar surface area (TPSA) is 52.0 Å². The lowest BCUT2D eigenvalue weighted by Gasteiger charge is -2.24. The first kappa shape index (κ1) is 13.0. The quantitative estimate of drug-likeness (QED) is 0.853. The molecule has 0 aromatic carbocycles. The fraction of sp³-hybridized carbons (Fsp3) is 0.571. The van der Waals surface area contributed by atoms with Crippen LogP contribution < -0.4 is 5.32 Å². The van der Waals surface area contributed by atoms with E-state index in [0.29, 0.717) is 11.7 Å². The van der Waals surface area contributed by atoms with Gasteiger partial charge in [0, 0.05) is 30.9 Å². The summed E-state index contributed by atoms with van der Waals surface area (Å²) in [7, 11) is 0. The maximum atomic E-state index is 9.04. The van der Waals surface area contributed by atoms with Crippen molar-refractivity contribution >= 4 is 0 Å². The summed E-state index contributed by atoms with van der Waals surface area (Å²) >= 11 is 0. The van der Waals surface area contributed by atoms with Gasteiger partial charge in [0.25, 0.3) is 0 Å². The minimum absolute atomic E-state index is 0.551. The second-order valence-corrected chi connectivity index (χ2v) is 4.74. The molecule has 1 aliphatic heterocycles. The molecule has 96 valence electrons. The third-order valence-electron chi connectivity index (χ3n) is 3.48. The van der Waals surface area contributed by atoms with Crippen LogP contribution in [0.2, 0.25) is 0 Å². The molecule has 1 fully saturated rings. The van der Waals surface area contributed by atoms with Gasteiger partial charge < -0.3 is 5.32 Å². The number of rotatable bonds is 5. The summed E-state index contributed by atoms with van der Waals surface area (Å²) in [5, 5.41) is 12.6. The first-order valence-corrected chi connectivity index (χ1v) is 6.63. The Hall–Kier alpha value is -1.44. The smallest absolute Gasteiger partial charge is 0.144 e. The Morgan fingerprint density at radius 1 is 1.61 bits per heavy atom. The number of nitrogens with zero attached hydrogens (tertiary/aromatic N) is 3. The van der Waals surface area contributed by atoms with Gasteiger partial charge in [0.1, 0.15) is 11.8 Å². The maximum Gasteiger partial charge on any atom is 0.144 e. The van der Waals surface area contributed by atoms with Crippen molar-refractivity contribution < 1.29 is 0 Å². The third-order valence-corrected chi connectivity index (χ3v) is 3.48. The van der Waals surface area contributed by atoms with Crippen molar-refractivity contribution in [3.8, 4) is 6.07 Å². The molecule has 1 unspecified atom stereocenters. The van der Waals surface area contributed by atoms with Gasteiger partial charge in [-0.2, -0.15) is 5.26 Å². The Balaban J connectivity index is 1.98. The lowest BCUT2D eigenvalue weighted by molar-refractivity contribution is 0.253. The molecule has 1 saturated heterocycles. The van der Waals surface area contributed by atoms with Crippen molar-refractivity contribution in [2.24, 2.45) is 0 Å². The van der Waals surface area contributed by atoms with E-state index in [1.165, 1.54) is 12.8 Å². The van der Waals surface area contributed by atoms with Crippen LogP contribution in [0.3, 0.4) is 0 Å². The summed E-state index contributed by atoms with van der Waals surface area (Å²) < 4.78 is 0. The molecule has 1 aliphatic rings. The fourth-order valence-electron chi connectivity index (χ4n) is 2.44. The number of pyridine rings is 1. The predicted molar refractivity (Wildman–Crippen MR) is 70.9 cm³/mol. The van der Waals surface area contributed by atoms with Gasteiger partial charge in [-0.15, -0.1) is 0 Å². The second kappa shape index (κ2) is 6.48. The minimum atomic E-state index is 0.551. The molecular formula is C14H20N4. The zero-order valence-electron chi connectivity index (χ0n) is 10.9. The molecule has 0 saturated carbocycles. The highest BCUT2D eigenvalue weighted by Crippen LogP contribution is 2.11. The lowest BCUT2D eigenvalue weighted by atomic mass is 10.1. The average Bonchev–Trinajstić information content (AvgIpc) is 2.91. The number of aromatic nitrogens is 1. The van der Waals surface area contributed by atoms with Gasteiger partial charge in [-0.3, -0.25) is 4.90 Å².